The lowest BCUT2D eigenvalue weighted by Crippen LogP contribution is -2.08. The van der Waals surface area contributed by atoms with Gasteiger partial charge in [0, 0.05) is 5.39 Å². The van der Waals surface area contributed by atoms with E-state index in [0.717, 1.165) is 16.0 Å². The lowest BCUT2D eigenvalue weighted by atomic mass is 9.80. The summed E-state index contributed by atoms with van der Waals surface area (Å²) in [6, 6.07) is 10.8. The second-order valence-corrected chi connectivity index (χ2v) is 5.03. The van der Waals surface area contributed by atoms with Crippen molar-refractivity contribution in [2.75, 3.05) is 0 Å². The molecule has 1 saturated carbocycles. The molecule has 1 aliphatic rings. The van der Waals surface area contributed by atoms with Gasteiger partial charge in [-0.15, -0.1) is 0 Å². The number of benzene rings is 1. The Morgan fingerprint density at radius 3 is 2.73 bits per heavy atom. The van der Waals surface area contributed by atoms with Crippen molar-refractivity contribution >= 4 is 26.8 Å². The summed E-state index contributed by atoms with van der Waals surface area (Å²) in [4.78, 5) is 4.44. The minimum atomic E-state index is 0.804. The Morgan fingerprint density at radius 1 is 1.13 bits per heavy atom. The van der Waals surface area contributed by atoms with Gasteiger partial charge in [0.1, 0.15) is 4.60 Å². The molecule has 1 nitrogen and oxygen atoms in total. The average molecular weight is 262 g/mol. The van der Waals surface area contributed by atoms with E-state index in [1.54, 1.807) is 0 Å². The van der Waals surface area contributed by atoms with E-state index in [1.807, 2.05) is 6.07 Å². The zero-order valence-electron chi connectivity index (χ0n) is 8.41. The quantitative estimate of drug-likeness (QED) is 0.699. The van der Waals surface area contributed by atoms with Crippen molar-refractivity contribution in [1.82, 2.24) is 4.98 Å². The summed E-state index contributed by atoms with van der Waals surface area (Å²) >= 11 is 3.39. The highest BCUT2D eigenvalue weighted by atomic mass is 79.9. The lowest BCUT2D eigenvalue weighted by molar-refractivity contribution is 0.420. The summed E-state index contributed by atoms with van der Waals surface area (Å²) in [5, 5.41) is 1.25. The summed E-state index contributed by atoms with van der Waals surface area (Å²) in [6.07, 6.45) is 4.10. The van der Waals surface area contributed by atoms with E-state index >= 15 is 0 Å². The monoisotopic (exact) mass is 261 g/mol. The highest BCUT2D eigenvalue weighted by Gasteiger charge is 2.19. The standard InChI is InChI=1S/C13H12BrN/c14-13-7-5-11-8-10(9-2-1-3-9)4-6-12(11)15-13/h4-9H,1-3H2. The van der Waals surface area contributed by atoms with E-state index in [-0.39, 0.29) is 0 Å². The van der Waals surface area contributed by atoms with E-state index in [0.29, 0.717) is 0 Å². The molecule has 0 unspecified atom stereocenters. The zero-order valence-corrected chi connectivity index (χ0v) is 10.00. The van der Waals surface area contributed by atoms with Gasteiger partial charge in [0.15, 0.2) is 0 Å². The van der Waals surface area contributed by atoms with Crippen molar-refractivity contribution in [3.63, 3.8) is 0 Å². The van der Waals surface area contributed by atoms with Gasteiger partial charge in [-0.2, -0.15) is 0 Å². The Hall–Kier alpha value is -0.890. The topological polar surface area (TPSA) is 12.9 Å². The number of aromatic nitrogens is 1. The summed E-state index contributed by atoms with van der Waals surface area (Å²) < 4.78 is 0.909. The first-order valence-corrected chi connectivity index (χ1v) is 6.18. The Kier molecular flexibility index (Phi) is 2.24. The summed E-state index contributed by atoms with van der Waals surface area (Å²) in [5.74, 6) is 0.804. The molecule has 1 aromatic carbocycles. The van der Waals surface area contributed by atoms with Gasteiger partial charge in [0.05, 0.1) is 5.52 Å². The molecule has 1 aliphatic carbocycles. The summed E-state index contributed by atoms with van der Waals surface area (Å²) in [7, 11) is 0. The maximum absolute atomic E-state index is 4.44. The molecule has 76 valence electrons. The van der Waals surface area contributed by atoms with Crippen LogP contribution in [0, 0.1) is 0 Å². The molecule has 1 aromatic heterocycles. The maximum atomic E-state index is 4.44. The molecule has 0 N–H and O–H groups in total. The van der Waals surface area contributed by atoms with Crippen LogP contribution in [0.25, 0.3) is 10.9 Å². The smallest absolute Gasteiger partial charge is 0.106 e. The Bertz CT molecular complexity index is 503. The number of pyridine rings is 1. The number of fused-ring (bicyclic) bond motifs is 1. The molecule has 0 saturated heterocycles. The molecule has 3 rings (SSSR count). The van der Waals surface area contributed by atoms with Gasteiger partial charge in [-0.05, 0) is 58.5 Å². The SMILES string of the molecule is Brc1ccc2cc(C3CCC3)ccc2n1. The molecule has 1 fully saturated rings. The van der Waals surface area contributed by atoms with Crippen LogP contribution >= 0.6 is 15.9 Å². The fourth-order valence-electron chi connectivity index (χ4n) is 2.11. The van der Waals surface area contributed by atoms with Gasteiger partial charge >= 0.3 is 0 Å². The third-order valence-corrected chi connectivity index (χ3v) is 3.70. The van der Waals surface area contributed by atoms with E-state index < -0.39 is 0 Å². The van der Waals surface area contributed by atoms with Crippen molar-refractivity contribution in [1.29, 1.82) is 0 Å². The van der Waals surface area contributed by atoms with Gasteiger partial charge in [-0.1, -0.05) is 18.6 Å². The minimum absolute atomic E-state index is 0.804. The molecular formula is C13H12BrN. The Balaban J connectivity index is 2.09. The van der Waals surface area contributed by atoms with E-state index in [9.17, 15) is 0 Å². The largest absolute Gasteiger partial charge is 0.241 e. The molecule has 1 heterocycles. The first-order chi connectivity index (χ1) is 7.33. The van der Waals surface area contributed by atoms with Crippen LogP contribution in [0.1, 0.15) is 30.7 Å². The van der Waals surface area contributed by atoms with Gasteiger partial charge in [0.25, 0.3) is 0 Å². The van der Waals surface area contributed by atoms with E-state index in [1.165, 1.54) is 30.2 Å². The molecule has 0 atom stereocenters. The maximum Gasteiger partial charge on any atom is 0.106 e. The second-order valence-electron chi connectivity index (χ2n) is 4.21. The fraction of sp³-hybridized carbons (Fsp3) is 0.308. The van der Waals surface area contributed by atoms with Crippen molar-refractivity contribution in [2.45, 2.75) is 25.2 Å². The van der Waals surface area contributed by atoms with E-state index in [4.69, 9.17) is 0 Å². The average Bonchev–Trinajstić information content (AvgIpc) is 2.15. The molecule has 2 heteroatoms. The Morgan fingerprint density at radius 2 is 2.00 bits per heavy atom. The van der Waals surface area contributed by atoms with Crippen molar-refractivity contribution in [2.24, 2.45) is 0 Å². The van der Waals surface area contributed by atoms with Gasteiger partial charge in [-0.25, -0.2) is 4.98 Å². The molecule has 0 bridgehead atoms. The first kappa shape index (κ1) is 9.34. The molecule has 2 aromatic rings. The summed E-state index contributed by atoms with van der Waals surface area (Å²) in [5.41, 5.74) is 2.56. The first-order valence-electron chi connectivity index (χ1n) is 5.39. The number of hydrogen-bond acceptors (Lipinski definition) is 1. The molecule has 0 radical (unpaired) electrons. The van der Waals surface area contributed by atoms with Crippen LogP contribution in [-0.2, 0) is 0 Å². The van der Waals surface area contributed by atoms with Crippen LogP contribution in [0.2, 0.25) is 0 Å². The molecule has 15 heavy (non-hydrogen) atoms. The van der Waals surface area contributed by atoms with Crippen LogP contribution in [0.4, 0.5) is 0 Å². The minimum Gasteiger partial charge on any atom is -0.241 e. The molecular weight excluding hydrogens is 250 g/mol. The number of halogens is 1. The van der Waals surface area contributed by atoms with Crippen LogP contribution in [0.5, 0.6) is 0 Å². The summed E-state index contributed by atoms with van der Waals surface area (Å²) in [6.45, 7) is 0. The highest BCUT2D eigenvalue weighted by Crippen LogP contribution is 2.37. The van der Waals surface area contributed by atoms with Gasteiger partial charge in [-0.3, -0.25) is 0 Å². The third kappa shape index (κ3) is 1.67. The number of hydrogen-bond donors (Lipinski definition) is 0. The zero-order chi connectivity index (χ0) is 10.3. The lowest BCUT2D eigenvalue weighted by Gasteiger charge is -2.25. The van der Waals surface area contributed by atoms with Crippen molar-refractivity contribution in [3.8, 4) is 0 Å². The van der Waals surface area contributed by atoms with Crippen molar-refractivity contribution < 1.29 is 0 Å². The van der Waals surface area contributed by atoms with Crippen LogP contribution < -0.4 is 0 Å². The molecule has 0 amide bonds. The van der Waals surface area contributed by atoms with Crippen LogP contribution in [-0.4, -0.2) is 4.98 Å². The third-order valence-electron chi connectivity index (χ3n) is 3.26. The number of nitrogens with zero attached hydrogens (tertiary/aromatic N) is 1. The molecule has 0 spiro atoms. The van der Waals surface area contributed by atoms with Gasteiger partial charge < -0.3 is 0 Å². The predicted octanol–water partition coefficient (Wildman–Crippen LogP) is 4.26. The second kappa shape index (κ2) is 3.60. The number of rotatable bonds is 1. The Labute approximate surface area is 97.7 Å². The fourth-order valence-corrected chi connectivity index (χ4v) is 2.44. The van der Waals surface area contributed by atoms with Gasteiger partial charge in [0.2, 0.25) is 0 Å². The van der Waals surface area contributed by atoms with Crippen LogP contribution in [0.3, 0.4) is 0 Å². The highest BCUT2D eigenvalue weighted by molar-refractivity contribution is 9.10. The van der Waals surface area contributed by atoms with Crippen molar-refractivity contribution in [3.05, 3.63) is 40.5 Å². The van der Waals surface area contributed by atoms with E-state index in [2.05, 4.69) is 45.2 Å². The predicted molar refractivity (Wildman–Crippen MR) is 66.0 cm³/mol. The van der Waals surface area contributed by atoms with Crippen LogP contribution in [0.15, 0.2) is 34.9 Å². The molecule has 0 aliphatic heterocycles. The normalized spacial score (nSPS) is 16.6.